The van der Waals surface area contributed by atoms with E-state index in [2.05, 4.69) is 20.6 Å². The third kappa shape index (κ3) is 6.54. The number of para-hydroxylation sites is 1. The van der Waals surface area contributed by atoms with Crippen molar-refractivity contribution in [1.29, 1.82) is 0 Å². The summed E-state index contributed by atoms with van der Waals surface area (Å²) in [6.07, 6.45) is 2.89. The molecule has 1 fully saturated rings. The first-order valence-electron chi connectivity index (χ1n) is 14.4. The predicted octanol–water partition coefficient (Wildman–Crippen LogP) is 3.65. The number of carbonyl (C=O) groups excluding carboxylic acids is 3. The van der Waals surface area contributed by atoms with Crippen molar-refractivity contribution >= 4 is 40.0 Å². The van der Waals surface area contributed by atoms with E-state index in [4.69, 9.17) is 4.74 Å². The van der Waals surface area contributed by atoms with Crippen molar-refractivity contribution in [2.75, 3.05) is 32.6 Å². The normalized spacial score (nSPS) is 16.6. The van der Waals surface area contributed by atoms with Gasteiger partial charge in [0, 0.05) is 42.7 Å². The first kappa shape index (κ1) is 30.9. The van der Waals surface area contributed by atoms with Crippen LogP contribution < -0.4 is 20.3 Å². The second-order valence-electron chi connectivity index (χ2n) is 11.9. The lowest BCUT2D eigenvalue weighted by atomic mass is 9.85. The lowest BCUT2D eigenvalue weighted by molar-refractivity contribution is -0.143. The van der Waals surface area contributed by atoms with Gasteiger partial charge in [-0.25, -0.2) is 9.97 Å². The highest BCUT2D eigenvalue weighted by molar-refractivity contribution is 5.97. The van der Waals surface area contributed by atoms with Gasteiger partial charge in [0.1, 0.15) is 23.9 Å². The van der Waals surface area contributed by atoms with Crippen LogP contribution in [0.5, 0.6) is 5.75 Å². The highest BCUT2D eigenvalue weighted by Gasteiger charge is 2.42. The van der Waals surface area contributed by atoms with E-state index in [-0.39, 0.29) is 24.0 Å². The van der Waals surface area contributed by atoms with Gasteiger partial charge in [-0.05, 0) is 50.4 Å². The van der Waals surface area contributed by atoms with Crippen LogP contribution in [-0.2, 0) is 20.8 Å². The van der Waals surface area contributed by atoms with Crippen LogP contribution in [0.1, 0.15) is 46.1 Å². The second-order valence-corrected chi connectivity index (χ2v) is 11.9. The smallest absolute Gasteiger partial charge is 0.246 e. The van der Waals surface area contributed by atoms with Gasteiger partial charge in [-0.2, -0.15) is 0 Å². The zero-order valence-electron chi connectivity index (χ0n) is 25.6. The number of likely N-dealkylation sites (tertiary alicyclic amines) is 1. The highest BCUT2D eigenvalue weighted by Crippen LogP contribution is 2.34. The summed E-state index contributed by atoms with van der Waals surface area (Å²) in [5.41, 5.74) is 1.83. The molecule has 2 heterocycles. The Morgan fingerprint density at radius 3 is 2.50 bits per heavy atom. The predicted molar refractivity (Wildman–Crippen MR) is 164 cm³/mol. The van der Waals surface area contributed by atoms with Crippen molar-refractivity contribution in [3.63, 3.8) is 0 Å². The number of fused-ring (bicyclic) bond motifs is 1. The summed E-state index contributed by atoms with van der Waals surface area (Å²) in [7, 11) is 5.21. The largest absolute Gasteiger partial charge is 0.496 e. The summed E-state index contributed by atoms with van der Waals surface area (Å²) >= 11 is 0. The lowest BCUT2D eigenvalue weighted by Crippen LogP contribution is -2.58. The van der Waals surface area contributed by atoms with Gasteiger partial charge in [-0.15, -0.1) is 0 Å². The summed E-state index contributed by atoms with van der Waals surface area (Å²) in [6.45, 7) is 7.96. The van der Waals surface area contributed by atoms with Crippen LogP contribution in [0.4, 0.5) is 11.5 Å². The van der Waals surface area contributed by atoms with Gasteiger partial charge < -0.3 is 25.2 Å². The maximum atomic E-state index is 13.8. The van der Waals surface area contributed by atoms with Gasteiger partial charge in [0.05, 0.1) is 24.7 Å². The number of amides is 2. The fourth-order valence-electron chi connectivity index (χ4n) is 5.37. The summed E-state index contributed by atoms with van der Waals surface area (Å²) in [6, 6.07) is 11.8. The molecule has 10 heteroatoms. The second kappa shape index (κ2) is 12.9. The Kier molecular flexibility index (Phi) is 9.46. The van der Waals surface area contributed by atoms with E-state index in [0.29, 0.717) is 42.0 Å². The van der Waals surface area contributed by atoms with Crippen LogP contribution >= 0.6 is 0 Å². The molecule has 1 saturated heterocycles. The van der Waals surface area contributed by atoms with Crippen LogP contribution in [0.2, 0.25) is 0 Å². The zero-order chi connectivity index (χ0) is 30.6. The maximum absolute atomic E-state index is 13.8. The lowest BCUT2D eigenvalue weighted by Gasteiger charge is -2.36. The van der Waals surface area contributed by atoms with Crippen molar-refractivity contribution in [1.82, 2.24) is 25.5 Å². The number of nitrogens with one attached hydrogen (secondary N) is 2. The monoisotopic (exact) mass is 574 g/mol. The summed E-state index contributed by atoms with van der Waals surface area (Å²) in [4.78, 5) is 53.0. The fraction of sp³-hybridized carbons (Fsp3) is 0.469. The van der Waals surface area contributed by atoms with E-state index < -0.39 is 23.5 Å². The first-order chi connectivity index (χ1) is 20.0. The van der Waals surface area contributed by atoms with Crippen LogP contribution in [-0.4, -0.2) is 78.3 Å². The van der Waals surface area contributed by atoms with E-state index in [0.717, 1.165) is 11.1 Å². The number of likely N-dealkylation sites (N-methyl/N-ethyl adjacent to an activating group) is 1. The molecule has 10 nitrogen and oxygen atoms in total. The number of Topliss-reactive ketones (excluding diaryl/α,β-unsaturated/α-hetero) is 1. The molecule has 1 aromatic heterocycles. The fourth-order valence-corrected chi connectivity index (χ4v) is 5.37. The molecule has 2 aromatic carbocycles. The van der Waals surface area contributed by atoms with E-state index >= 15 is 0 Å². The molecule has 4 rings (SSSR count). The van der Waals surface area contributed by atoms with E-state index in [1.165, 1.54) is 6.33 Å². The Labute approximate surface area is 247 Å². The number of ether oxygens (including phenoxy) is 1. The molecular weight excluding hydrogens is 532 g/mol. The van der Waals surface area contributed by atoms with E-state index in [1.54, 1.807) is 26.0 Å². The Hall–Kier alpha value is -4.05. The minimum atomic E-state index is -0.766. The van der Waals surface area contributed by atoms with Gasteiger partial charge >= 0.3 is 0 Å². The third-order valence-corrected chi connectivity index (χ3v) is 7.98. The highest BCUT2D eigenvalue weighted by atomic mass is 16.5. The molecule has 0 unspecified atom stereocenters. The van der Waals surface area contributed by atoms with Gasteiger partial charge in [0.2, 0.25) is 11.8 Å². The van der Waals surface area contributed by atoms with Crippen molar-refractivity contribution in [3.05, 3.63) is 54.4 Å². The molecule has 2 N–H and O–H groups in total. The molecule has 0 saturated carbocycles. The maximum Gasteiger partial charge on any atom is 0.246 e. The number of carbonyl (C=O) groups is 3. The van der Waals surface area contributed by atoms with Gasteiger partial charge in [0.15, 0.2) is 5.78 Å². The zero-order valence-corrected chi connectivity index (χ0v) is 25.6. The minimum Gasteiger partial charge on any atom is -0.496 e. The summed E-state index contributed by atoms with van der Waals surface area (Å²) in [5, 5.41) is 6.63. The summed E-state index contributed by atoms with van der Waals surface area (Å²) < 4.78 is 5.68. The molecule has 0 aliphatic carbocycles. The van der Waals surface area contributed by atoms with Crippen LogP contribution in [0.15, 0.2) is 48.8 Å². The SMILES string of the molecule is CN[C@@H](C)C(=O)N[C@H](C(=O)N1CCC[C@H]1C(=O)Cc1cc2c(N(C)c3ccccc3)ncnc2cc1OC)C(C)(C)C. The number of hydrogen-bond donors (Lipinski definition) is 2. The third-order valence-electron chi connectivity index (χ3n) is 7.98. The Balaban J connectivity index is 1.62. The quantitative estimate of drug-likeness (QED) is 0.377. The molecule has 0 spiro atoms. The van der Waals surface area contributed by atoms with E-state index in [1.807, 2.05) is 75.2 Å². The van der Waals surface area contributed by atoms with Gasteiger partial charge in [-0.3, -0.25) is 14.4 Å². The standard InChI is InChI=1S/C32H42N6O4/c1-20(33-5)30(40)36-28(32(2,3)4)31(41)38-15-11-14-25(38)26(39)17-21-16-23-24(18-27(21)42-7)34-19-35-29(23)37(6)22-12-9-8-10-13-22/h8-10,12-13,16,18-20,25,28,33H,11,14-15,17H2,1-7H3,(H,36,40)/t20-,25-,28+/m0/s1. The van der Waals surface area contributed by atoms with E-state index in [9.17, 15) is 14.4 Å². The van der Waals surface area contributed by atoms with Crippen LogP contribution in [0.25, 0.3) is 10.9 Å². The molecule has 3 atom stereocenters. The average molecular weight is 575 g/mol. The number of anilines is 2. The number of benzene rings is 2. The molecule has 42 heavy (non-hydrogen) atoms. The van der Waals surface area contributed by atoms with Gasteiger partial charge in [0.25, 0.3) is 0 Å². The number of rotatable bonds is 10. The van der Waals surface area contributed by atoms with Gasteiger partial charge in [-0.1, -0.05) is 39.0 Å². The number of nitrogens with zero attached hydrogens (tertiary/aromatic N) is 4. The van der Waals surface area contributed by atoms with Crippen LogP contribution in [0.3, 0.4) is 0 Å². The first-order valence-corrected chi connectivity index (χ1v) is 14.4. The topological polar surface area (TPSA) is 117 Å². The molecule has 1 aliphatic rings. The molecule has 2 amide bonds. The Morgan fingerprint density at radius 2 is 1.86 bits per heavy atom. The van der Waals surface area contributed by atoms with Crippen LogP contribution in [0, 0.1) is 5.41 Å². The van der Waals surface area contributed by atoms with Crippen molar-refractivity contribution in [2.45, 2.75) is 65.1 Å². The van der Waals surface area contributed by atoms with Crippen molar-refractivity contribution in [3.8, 4) is 5.75 Å². The number of aromatic nitrogens is 2. The van der Waals surface area contributed by atoms with Crippen molar-refractivity contribution in [2.24, 2.45) is 5.41 Å². The number of ketones is 1. The average Bonchev–Trinajstić information content (AvgIpc) is 3.48. The minimum absolute atomic E-state index is 0.0732. The molecule has 0 radical (unpaired) electrons. The Morgan fingerprint density at radius 1 is 1.14 bits per heavy atom. The molecule has 1 aliphatic heterocycles. The number of methoxy groups -OCH3 is 1. The molecule has 0 bridgehead atoms. The van der Waals surface area contributed by atoms with Crippen molar-refractivity contribution < 1.29 is 19.1 Å². The molecule has 3 aromatic rings. The molecule has 224 valence electrons. The number of hydrogen-bond acceptors (Lipinski definition) is 8. The summed E-state index contributed by atoms with van der Waals surface area (Å²) in [5.74, 6) is 0.697. The molecular formula is C32H42N6O4. The Bertz CT molecular complexity index is 1440.